The Morgan fingerprint density at radius 3 is 0.802 bits per heavy atom. The third-order valence-corrected chi connectivity index (χ3v) is 27.3. The molecule has 8 aliphatic heterocycles. The average molecular weight is 1870 g/mol. The van der Waals surface area contributed by atoms with Gasteiger partial charge in [0.25, 0.3) is 23.6 Å². The van der Waals surface area contributed by atoms with Gasteiger partial charge in [-0.1, -0.05) is 65.7 Å². The zero-order valence-electron chi connectivity index (χ0n) is 71.7. The first-order valence-corrected chi connectivity index (χ1v) is 46.2. The first-order valence-electron chi connectivity index (χ1n) is 40.3. The number of ether oxygens (including phenoxy) is 8. The summed E-state index contributed by atoms with van der Waals surface area (Å²) in [6.45, 7) is 8.95. The Kier molecular flexibility index (Phi) is 28.4. The molecule has 4 aromatic carbocycles. The number of anilines is 4. The second-order valence-corrected chi connectivity index (χ2v) is 38.6. The number of carbonyl (C=O) groups excluding carboxylic acids is 4. The number of fused-ring (bicyclic) bond motifs is 4. The number of amides is 4. The monoisotopic (exact) mass is 1860 g/mol. The summed E-state index contributed by atoms with van der Waals surface area (Å²) in [6.07, 6.45) is 5.90. The van der Waals surface area contributed by atoms with Crippen LogP contribution in [-0.2, 0) is 87.2 Å². The van der Waals surface area contributed by atoms with Crippen molar-refractivity contribution in [2.45, 2.75) is 114 Å². The first kappa shape index (κ1) is 95.2. The molecule has 4 saturated heterocycles. The molecule has 8 aromatic rings. The lowest BCUT2D eigenvalue weighted by Gasteiger charge is -2.31. The molecule has 0 spiro atoms. The van der Waals surface area contributed by atoms with E-state index in [1.165, 1.54) is 43.1 Å². The minimum absolute atomic E-state index is 0.00651. The number of hydrogen-bond donors (Lipinski definition) is 11. The molecule has 0 saturated carbocycles. The zero-order chi connectivity index (χ0) is 94.3. The molecule has 16 rings (SSSR count). The second-order valence-electron chi connectivity index (χ2n) is 31.9. The van der Waals surface area contributed by atoms with E-state index in [0.29, 0.717) is 58.2 Å². The molecule has 0 aliphatic carbocycles. The number of aromatic nitrogens is 4. The second kappa shape index (κ2) is 39.1. The molecule has 0 bridgehead atoms. The van der Waals surface area contributed by atoms with E-state index in [4.69, 9.17) is 37.9 Å². The van der Waals surface area contributed by atoms with E-state index in [0.717, 1.165) is 22.3 Å². The van der Waals surface area contributed by atoms with Crippen molar-refractivity contribution >= 4 is 86.5 Å². The van der Waals surface area contributed by atoms with E-state index >= 15 is 0 Å². The van der Waals surface area contributed by atoms with Gasteiger partial charge in [-0.25, -0.2) is 52.6 Å². The summed E-state index contributed by atoms with van der Waals surface area (Å²) < 4.78 is 162. The van der Waals surface area contributed by atoms with Gasteiger partial charge in [0, 0.05) is 101 Å². The topological polar surface area (TPSA) is 550 Å². The normalized spacial score (nSPS) is 19.8. The number of aryl methyl sites for hydroxylation is 8. The van der Waals surface area contributed by atoms with E-state index in [1.807, 2.05) is 0 Å². The Hall–Kier alpha value is -13.4. The maximum Gasteiger partial charge on any atom is 0.276 e. The lowest BCUT2D eigenvalue weighted by atomic mass is 10.0. The van der Waals surface area contributed by atoms with Crippen LogP contribution < -0.4 is 59.1 Å². The molecule has 4 fully saturated rings. The summed E-state index contributed by atoms with van der Waals surface area (Å²) >= 11 is 0. The van der Waals surface area contributed by atoms with Crippen molar-refractivity contribution in [2.75, 3.05) is 101 Å². The predicted molar refractivity (Wildman–Crippen MR) is 467 cm³/mol. The Bertz CT molecular complexity index is 6400. The van der Waals surface area contributed by atoms with E-state index in [2.05, 4.69) is 112 Å². The fourth-order valence-corrected chi connectivity index (χ4v) is 19.5. The van der Waals surface area contributed by atoms with Crippen LogP contribution in [0.2, 0.25) is 0 Å². The number of rotatable bonds is 12. The van der Waals surface area contributed by atoms with Gasteiger partial charge in [0.2, 0.25) is 40.1 Å². The number of hydrogen-bond acceptors (Lipinski definition) is 27. The summed E-state index contributed by atoms with van der Waals surface area (Å²) in [6, 6.07) is 25.4. The predicted octanol–water partition coefficient (Wildman–Crippen LogP) is 3.49. The van der Waals surface area contributed by atoms with Gasteiger partial charge in [-0.2, -0.15) is 21.0 Å². The molecule has 4 amide bonds. The van der Waals surface area contributed by atoms with Crippen molar-refractivity contribution in [1.29, 1.82) is 21.0 Å². The van der Waals surface area contributed by atoms with Gasteiger partial charge in [0.05, 0.1) is 129 Å². The lowest BCUT2D eigenvalue weighted by Crippen LogP contribution is -2.48. The van der Waals surface area contributed by atoms with Crippen molar-refractivity contribution in [3.8, 4) is 94.6 Å². The van der Waals surface area contributed by atoms with Gasteiger partial charge in [-0.15, -0.1) is 5.92 Å². The van der Waals surface area contributed by atoms with E-state index in [1.54, 1.807) is 129 Å². The van der Waals surface area contributed by atoms with E-state index in [-0.39, 0.29) is 163 Å². The van der Waals surface area contributed by atoms with Crippen molar-refractivity contribution < 1.29 is 106 Å². The molecular formula is C88H88N16O23S4. The van der Waals surface area contributed by atoms with Crippen LogP contribution in [0.25, 0.3) is 0 Å². The SMILES string of the molecule is Cc1ccc(NC(=O)c2c3c(cn2C)S(=O)(=O)NC(CC#CC2(O)COC2)CO3)cc1C#N.Cc1ccc(NC(=O)c2c3c(cn2C)S(=O)(=O)NC(CC#CC2COC2)CO3)cc1C#N.Cc1ccc(NC(=O)c2c3c(cn2C)S(=O)(=O)N[C@@H](CC#CC2(O)COC2)CO3)cc1C#N.Cc1ccc(NC(=O)c2c3c(cn2C)S(=O)(=O)N[C@H](CC#CC2(O)COC2)CO3)cc1C#N. The summed E-state index contributed by atoms with van der Waals surface area (Å²) in [5.41, 5.74) is 3.02. The standard InChI is InChI=1S/3C22H22N4O6S.C22H22N4O5S/c3*1-14-5-6-16(8-15(14)9-23)24-21(27)19-20-18(10-26(19)2)33(29,30)25-17(11-32-20)4-3-7-22(28)12-31-13-22;1-14-6-7-17(8-16(14)9-23)24-22(27)20-21-19(10-26(20)2)32(28,29)25-18(13-31-21)5-3-4-15-11-30-12-15/h3*5-6,8,10,17,25,28H,4,11-13H2,1-2H3,(H,24,27);6-8,10,15,18,25H,5,11-13H2,1-2H3,(H,24,27)/t2*17-;;/m10../s1. The summed E-state index contributed by atoms with van der Waals surface area (Å²) in [5, 5.41) is 77.5. The zero-order valence-corrected chi connectivity index (χ0v) is 74.9. The Balaban J connectivity index is 0.000000149. The van der Waals surface area contributed by atoms with Crippen LogP contribution in [0.3, 0.4) is 0 Å². The van der Waals surface area contributed by atoms with Crippen molar-refractivity contribution in [3.63, 3.8) is 0 Å². The molecule has 39 nitrogen and oxygen atoms in total. The van der Waals surface area contributed by atoms with E-state index in [9.17, 15) is 89.2 Å². The number of sulfonamides is 4. The van der Waals surface area contributed by atoms with Gasteiger partial charge in [0.1, 0.15) is 46.0 Å². The van der Waals surface area contributed by atoms with Crippen LogP contribution >= 0.6 is 0 Å². The smallest absolute Gasteiger partial charge is 0.276 e. The molecule has 12 heterocycles. The van der Waals surface area contributed by atoms with Gasteiger partial charge in [0.15, 0.2) is 62.6 Å². The Morgan fingerprint density at radius 2 is 0.603 bits per heavy atom. The number of aliphatic hydroxyl groups is 3. The quantitative estimate of drug-likeness (QED) is 0.0780. The number of nitriles is 4. The van der Waals surface area contributed by atoms with Crippen LogP contribution in [0.15, 0.2) is 117 Å². The third-order valence-electron chi connectivity index (χ3n) is 21.2. The van der Waals surface area contributed by atoms with Crippen LogP contribution in [0, 0.1) is 126 Å². The van der Waals surface area contributed by atoms with Gasteiger partial charge in [-0.05, 0) is 98.5 Å². The molecule has 2 unspecified atom stereocenters. The largest absolute Gasteiger partial charge is 0.488 e. The molecule has 43 heteroatoms. The van der Waals surface area contributed by atoms with Crippen LogP contribution in [0.5, 0.6) is 23.0 Å². The first-order chi connectivity index (χ1) is 62.1. The number of nitrogens with zero attached hydrogens (tertiary/aromatic N) is 8. The minimum Gasteiger partial charge on any atom is -0.488 e. The van der Waals surface area contributed by atoms with Gasteiger partial charge < -0.3 is 92.8 Å². The van der Waals surface area contributed by atoms with Crippen molar-refractivity contribution in [2.24, 2.45) is 34.1 Å². The Labute approximate surface area is 754 Å². The Morgan fingerprint density at radius 1 is 0.374 bits per heavy atom. The average Bonchev–Trinajstić information content (AvgIpc) is 1.63. The van der Waals surface area contributed by atoms with Crippen molar-refractivity contribution in [1.82, 2.24) is 37.2 Å². The number of nitrogens with one attached hydrogen (secondary N) is 8. The molecule has 11 N–H and O–H groups in total. The number of carbonyl (C=O) groups is 4. The summed E-state index contributed by atoms with van der Waals surface area (Å²) in [4.78, 5) is 51.5. The highest BCUT2D eigenvalue weighted by atomic mass is 32.2. The van der Waals surface area contributed by atoms with Gasteiger partial charge in [-0.3, -0.25) is 19.2 Å². The molecule has 131 heavy (non-hydrogen) atoms. The minimum atomic E-state index is -3.98. The lowest BCUT2D eigenvalue weighted by molar-refractivity contribution is -0.141. The number of benzene rings is 4. The molecule has 0 radical (unpaired) electrons. The molecule has 682 valence electrons. The van der Waals surface area contributed by atoms with Gasteiger partial charge >= 0.3 is 0 Å². The highest BCUT2D eigenvalue weighted by Crippen LogP contribution is 2.39. The fourth-order valence-electron chi connectivity index (χ4n) is 13.9. The molecule has 4 aromatic heterocycles. The van der Waals surface area contributed by atoms with Crippen molar-refractivity contribution in [3.05, 3.63) is 165 Å². The van der Waals surface area contributed by atoms with Crippen LogP contribution in [0.1, 0.15) is 112 Å². The highest BCUT2D eigenvalue weighted by Gasteiger charge is 2.42. The maximum atomic E-state index is 13.0. The van der Waals surface area contributed by atoms with Crippen LogP contribution in [0.4, 0.5) is 22.7 Å². The van der Waals surface area contributed by atoms with E-state index < -0.39 is 105 Å². The summed E-state index contributed by atoms with van der Waals surface area (Å²) in [7, 11) is -9.65. The third kappa shape index (κ3) is 22.1. The molecule has 8 aliphatic rings. The highest BCUT2D eigenvalue weighted by molar-refractivity contribution is 7.90. The maximum absolute atomic E-state index is 13.0. The molecule has 4 atom stereocenters. The summed E-state index contributed by atoms with van der Waals surface area (Å²) in [5.74, 6) is 20.2. The fraction of sp³-hybridized carbons (Fsp3) is 0.364. The van der Waals surface area contributed by atoms with Crippen LogP contribution in [-0.4, -0.2) is 211 Å². The molecular weight excluding hydrogens is 1780 g/mol.